The van der Waals surface area contributed by atoms with Crippen LogP contribution in [-0.4, -0.2) is 21.3 Å². The van der Waals surface area contributed by atoms with Gasteiger partial charge in [0.2, 0.25) is 0 Å². The molecule has 0 aliphatic rings. The van der Waals surface area contributed by atoms with Crippen LogP contribution in [0.3, 0.4) is 0 Å². The van der Waals surface area contributed by atoms with E-state index >= 15 is 0 Å². The summed E-state index contributed by atoms with van der Waals surface area (Å²) in [6.45, 7) is 0. The molecule has 0 aliphatic carbocycles. The van der Waals surface area contributed by atoms with Gasteiger partial charge in [0, 0.05) is 23.2 Å². The van der Waals surface area contributed by atoms with E-state index in [0.29, 0.717) is 10.6 Å². The Balaban J connectivity index is 2.65. The topological polar surface area (TPSA) is 47.8 Å². The normalized spacial score (nSPS) is 10.3. The molecule has 0 spiro atoms. The fourth-order valence-electron chi connectivity index (χ4n) is 1.39. The number of rotatable bonds is 2. The van der Waals surface area contributed by atoms with Crippen molar-refractivity contribution in [3.05, 3.63) is 35.0 Å². The molecular weight excluding hydrogens is 214 g/mol. The summed E-state index contributed by atoms with van der Waals surface area (Å²) < 4.78 is 1.60. The van der Waals surface area contributed by atoms with Gasteiger partial charge in [-0.05, 0) is 18.2 Å². The van der Waals surface area contributed by atoms with E-state index in [1.807, 2.05) is 0 Å². The molecule has 0 amide bonds. The summed E-state index contributed by atoms with van der Waals surface area (Å²) >= 11 is 5.88. The van der Waals surface area contributed by atoms with Crippen molar-refractivity contribution in [2.24, 2.45) is 7.05 Å². The van der Waals surface area contributed by atoms with Gasteiger partial charge in [-0.25, -0.2) is 4.68 Å². The van der Waals surface area contributed by atoms with E-state index < -0.39 is 0 Å². The molecule has 15 heavy (non-hydrogen) atoms. The fraction of sp³-hybridized carbons (Fsp3) is 0.100. The molecule has 4 nitrogen and oxygen atoms in total. The van der Waals surface area contributed by atoms with E-state index in [4.69, 9.17) is 11.6 Å². The highest BCUT2D eigenvalue weighted by Gasteiger charge is 2.09. The predicted octanol–water partition coefficient (Wildman–Crippen LogP) is 1.95. The quantitative estimate of drug-likeness (QED) is 0.729. The molecule has 5 heteroatoms. The van der Waals surface area contributed by atoms with Crippen molar-refractivity contribution in [1.29, 1.82) is 0 Å². The number of aldehydes is 1. The van der Waals surface area contributed by atoms with Crippen LogP contribution < -0.4 is 0 Å². The molecule has 0 saturated heterocycles. The lowest BCUT2D eigenvalue weighted by Crippen LogP contribution is -1.96. The number of hydrogen-bond donors (Lipinski definition) is 0. The van der Waals surface area contributed by atoms with Crippen molar-refractivity contribution in [3.8, 4) is 11.3 Å². The van der Waals surface area contributed by atoms with Gasteiger partial charge >= 0.3 is 0 Å². The summed E-state index contributed by atoms with van der Waals surface area (Å²) in [5.41, 5.74) is 2.08. The smallest absolute Gasteiger partial charge is 0.150 e. The average molecular weight is 222 g/mol. The molecule has 0 bridgehead atoms. The molecule has 1 heterocycles. The van der Waals surface area contributed by atoms with Gasteiger partial charge in [-0.2, -0.15) is 0 Å². The Kier molecular flexibility index (Phi) is 2.51. The maximum atomic E-state index is 10.9. The Morgan fingerprint density at radius 2 is 2.27 bits per heavy atom. The highest BCUT2D eigenvalue weighted by atomic mass is 35.5. The van der Waals surface area contributed by atoms with E-state index in [9.17, 15) is 4.79 Å². The Labute approximate surface area is 91.5 Å². The maximum absolute atomic E-state index is 10.9. The van der Waals surface area contributed by atoms with Crippen molar-refractivity contribution >= 4 is 17.9 Å². The SMILES string of the molecule is Cn1nncc1-c1cc(Cl)ccc1C=O. The summed E-state index contributed by atoms with van der Waals surface area (Å²) in [4.78, 5) is 10.9. The second-order valence-corrected chi connectivity index (χ2v) is 3.53. The standard InChI is InChI=1S/C10H8ClN3O/c1-14-10(5-12-13-14)9-4-8(11)3-2-7(9)6-15/h2-6H,1H3. The summed E-state index contributed by atoms with van der Waals surface area (Å²) in [7, 11) is 1.76. The van der Waals surface area contributed by atoms with Crippen molar-refractivity contribution in [2.75, 3.05) is 0 Å². The third-order valence-corrected chi connectivity index (χ3v) is 2.37. The lowest BCUT2D eigenvalue weighted by atomic mass is 10.1. The average Bonchev–Trinajstić information content (AvgIpc) is 2.64. The summed E-state index contributed by atoms with van der Waals surface area (Å²) in [6.07, 6.45) is 2.39. The van der Waals surface area contributed by atoms with Crippen LogP contribution in [-0.2, 0) is 7.05 Å². The van der Waals surface area contributed by atoms with Crippen LogP contribution in [0.4, 0.5) is 0 Å². The van der Waals surface area contributed by atoms with Gasteiger partial charge in [-0.1, -0.05) is 16.8 Å². The fourth-order valence-corrected chi connectivity index (χ4v) is 1.56. The Morgan fingerprint density at radius 1 is 1.47 bits per heavy atom. The molecule has 0 radical (unpaired) electrons. The molecule has 76 valence electrons. The zero-order valence-electron chi connectivity index (χ0n) is 8.01. The Hall–Kier alpha value is -1.68. The van der Waals surface area contributed by atoms with Crippen molar-refractivity contribution in [1.82, 2.24) is 15.0 Å². The Bertz CT molecular complexity index is 507. The summed E-state index contributed by atoms with van der Waals surface area (Å²) in [5, 5.41) is 8.14. The number of benzene rings is 1. The first-order valence-electron chi connectivity index (χ1n) is 4.32. The van der Waals surface area contributed by atoms with E-state index in [2.05, 4.69) is 10.3 Å². The predicted molar refractivity (Wildman–Crippen MR) is 56.8 cm³/mol. The number of carbonyl (C=O) groups excluding carboxylic acids is 1. The van der Waals surface area contributed by atoms with Crippen LogP contribution in [0, 0.1) is 0 Å². The minimum absolute atomic E-state index is 0.574. The molecule has 2 rings (SSSR count). The highest BCUT2D eigenvalue weighted by molar-refractivity contribution is 6.31. The van der Waals surface area contributed by atoms with Gasteiger partial charge in [0.15, 0.2) is 6.29 Å². The largest absolute Gasteiger partial charge is 0.298 e. The number of aryl methyl sites for hydroxylation is 1. The molecule has 0 atom stereocenters. The number of halogens is 1. The lowest BCUT2D eigenvalue weighted by Gasteiger charge is -2.04. The lowest BCUT2D eigenvalue weighted by molar-refractivity contribution is 0.112. The molecule has 1 aromatic heterocycles. The van der Waals surface area contributed by atoms with Gasteiger partial charge in [0.25, 0.3) is 0 Å². The van der Waals surface area contributed by atoms with Crippen LogP contribution in [0.25, 0.3) is 11.3 Å². The summed E-state index contributed by atoms with van der Waals surface area (Å²) in [6, 6.07) is 5.08. The maximum Gasteiger partial charge on any atom is 0.150 e. The molecular formula is C10H8ClN3O. The molecule has 0 fully saturated rings. The highest BCUT2D eigenvalue weighted by Crippen LogP contribution is 2.24. The molecule has 0 unspecified atom stereocenters. The van der Waals surface area contributed by atoms with E-state index in [0.717, 1.165) is 17.5 Å². The molecule has 0 N–H and O–H groups in total. The van der Waals surface area contributed by atoms with Crippen LogP contribution in [0.5, 0.6) is 0 Å². The van der Waals surface area contributed by atoms with Gasteiger partial charge in [-0.3, -0.25) is 4.79 Å². The van der Waals surface area contributed by atoms with E-state index in [-0.39, 0.29) is 0 Å². The first-order valence-corrected chi connectivity index (χ1v) is 4.70. The molecule has 0 aliphatic heterocycles. The third-order valence-electron chi connectivity index (χ3n) is 2.13. The van der Waals surface area contributed by atoms with Crippen LogP contribution in [0.1, 0.15) is 10.4 Å². The van der Waals surface area contributed by atoms with Gasteiger partial charge < -0.3 is 0 Å². The van der Waals surface area contributed by atoms with Crippen LogP contribution >= 0.6 is 11.6 Å². The van der Waals surface area contributed by atoms with Gasteiger partial charge in [0.05, 0.1) is 11.9 Å². The van der Waals surface area contributed by atoms with Crippen molar-refractivity contribution in [2.45, 2.75) is 0 Å². The van der Waals surface area contributed by atoms with Gasteiger partial charge in [0.1, 0.15) is 0 Å². The second-order valence-electron chi connectivity index (χ2n) is 3.09. The second kappa shape index (κ2) is 3.82. The first kappa shape index (κ1) is 9.86. The monoisotopic (exact) mass is 221 g/mol. The molecule has 0 saturated carbocycles. The van der Waals surface area contributed by atoms with Crippen molar-refractivity contribution < 1.29 is 4.79 Å². The van der Waals surface area contributed by atoms with Gasteiger partial charge in [-0.15, -0.1) is 5.10 Å². The van der Waals surface area contributed by atoms with E-state index in [1.54, 1.807) is 36.1 Å². The van der Waals surface area contributed by atoms with Crippen LogP contribution in [0.15, 0.2) is 24.4 Å². The molecule has 1 aromatic carbocycles. The minimum Gasteiger partial charge on any atom is -0.298 e. The minimum atomic E-state index is 0.574. The van der Waals surface area contributed by atoms with Crippen molar-refractivity contribution in [3.63, 3.8) is 0 Å². The number of nitrogens with zero attached hydrogens (tertiary/aromatic N) is 3. The number of aromatic nitrogens is 3. The first-order chi connectivity index (χ1) is 7.22. The number of carbonyl (C=O) groups is 1. The summed E-state index contributed by atoms with van der Waals surface area (Å²) in [5.74, 6) is 0. The Morgan fingerprint density at radius 3 is 2.87 bits per heavy atom. The van der Waals surface area contributed by atoms with Crippen LogP contribution in [0.2, 0.25) is 5.02 Å². The number of hydrogen-bond acceptors (Lipinski definition) is 3. The van der Waals surface area contributed by atoms with E-state index in [1.165, 1.54) is 0 Å². The zero-order chi connectivity index (χ0) is 10.8. The zero-order valence-corrected chi connectivity index (χ0v) is 8.77. The third kappa shape index (κ3) is 1.76. The molecule has 2 aromatic rings.